The molecule has 1 aromatic carbocycles. The first-order valence-electron chi connectivity index (χ1n) is 5.45. The van der Waals surface area contributed by atoms with Gasteiger partial charge >= 0.3 is 0 Å². The summed E-state index contributed by atoms with van der Waals surface area (Å²) in [5, 5.41) is 5.74. The number of halogens is 1. The van der Waals surface area contributed by atoms with E-state index in [1.54, 1.807) is 0 Å². The van der Waals surface area contributed by atoms with Crippen molar-refractivity contribution in [3.8, 4) is 0 Å². The van der Waals surface area contributed by atoms with Gasteiger partial charge in [-0.3, -0.25) is 0 Å². The zero-order valence-electron chi connectivity index (χ0n) is 9.50. The average molecular weight is 279 g/mol. The summed E-state index contributed by atoms with van der Waals surface area (Å²) in [6.07, 6.45) is 1.84. The number of aromatic nitrogens is 1. The van der Waals surface area contributed by atoms with Crippen molar-refractivity contribution in [2.24, 2.45) is 5.92 Å². The predicted octanol–water partition coefficient (Wildman–Crippen LogP) is 4.07. The fourth-order valence-corrected chi connectivity index (χ4v) is 2.11. The second kappa shape index (κ2) is 4.83. The van der Waals surface area contributed by atoms with Gasteiger partial charge in [-0.05, 0) is 18.1 Å². The molecule has 0 saturated carbocycles. The van der Waals surface area contributed by atoms with Crippen molar-refractivity contribution in [3.63, 3.8) is 0 Å². The average Bonchev–Trinajstić information content (AvgIpc) is 2.27. The summed E-state index contributed by atoms with van der Waals surface area (Å²) in [7, 11) is 0. The van der Waals surface area contributed by atoms with Crippen LogP contribution in [0.5, 0.6) is 0 Å². The lowest BCUT2D eigenvalue weighted by atomic mass is 10.1. The molecule has 0 fully saturated rings. The number of hydrogen-bond donors (Lipinski definition) is 1. The quantitative estimate of drug-likeness (QED) is 0.916. The predicted molar refractivity (Wildman–Crippen MR) is 72.8 cm³/mol. The molecule has 0 unspecified atom stereocenters. The molecule has 0 aliphatic carbocycles. The monoisotopic (exact) mass is 278 g/mol. The molecule has 0 spiro atoms. The number of pyridine rings is 1. The molecule has 0 aliphatic heterocycles. The number of fused-ring (bicyclic) bond motifs is 1. The van der Waals surface area contributed by atoms with E-state index in [4.69, 9.17) is 0 Å². The summed E-state index contributed by atoms with van der Waals surface area (Å²) >= 11 is 3.56. The summed E-state index contributed by atoms with van der Waals surface area (Å²) in [4.78, 5) is 4.39. The topological polar surface area (TPSA) is 24.9 Å². The van der Waals surface area contributed by atoms with Crippen molar-refractivity contribution in [3.05, 3.63) is 34.9 Å². The van der Waals surface area contributed by atoms with Crippen molar-refractivity contribution in [2.45, 2.75) is 13.8 Å². The van der Waals surface area contributed by atoms with Crippen LogP contribution in [0.1, 0.15) is 13.8 Å². The second-order valence-corrected chi connectivity index (χ2v) is 5.12. The number of nitrogens with zero attached hydrogens (tertiary/aromatic N) is 1. The third kappa shape index (κ3) is 2.35. The Hall–Kier alpha value is -1.09. The fourth-order valence-electron chi connectivity index (χ4n) is 1.61. The lowest BCUT2D eigenvalue weighted by molar-refractivity contribution is 0.687. The second-order valence-electron chi connectivity index (χ2n) is 4.27. The molecule has 1 aromatic heterocycles. The molecule has 2 nitrogen and oxygen atoms in total. The smallest absolute Gasteiger partial charge is 0.133 e. The molecule has 0 saturated heterocycles. The van der Waals surface area contributed by atoms with E-state index in [-0.39, 0.29) is 0 Å². The zero-order valence-corrected chi connectivity index (χ0v) is 11.1. The minimum absolute atomic E-state index is 0.615. The van der Waals surface area contributed by atoms with Crippen LogP contribution in [0, 0.1) is 5.92 Å². The van der Waals surface area contributed by atoms with Crippen LogP contribution in [0.4, 0.5) is 5.82 Å². The molecule has 0 atom stereocenters. The van der Waals surface area contributed by atoms with Crippen LogP contribution in [0.15, 0.2) is 34.9 Å². The minimum Gasteiger partial charge on any atom is -0.369 e. The zero-order chi connectivity index (χ0) is 11.5. The van der Waals surface area contributed by atoms with Crippen molar-refractivity contribution in [2.75, 3.05) is 11.9 Å². The standard InChI is InChI=1S/C13H15BrN2/c1-9(2)8-16-13-11-4-3-5-12(14)10(11)6-7-15-13/h3-7,9H,8H2,1-2H3,(H,15,16). The molecule has 0 aliphatic rings. The molecule has 1 heterocycles. The minimum atomic E-state index is 0.615. The lowest BCUT2D eigenvalue weighted by Gasteiger charge is -2.11. The molecule has 0 bridgehead atoms. The Morgan fingerprint density at radius 2 is 2.06 bits per heavy atom. The van der Waals surface area contributed by atoms with Gasteiger partial charge in [0, 0.05) is 28.0 Å². The third-order valence-electron chi connectivity index (χ3n) is 2.43. The number of benzene rings is 1. The molecule has 84 valence electrons. The van der Waals surface area contributed by atoms with Crippen LogP contribution < -0.4 is 5.32 Å². The van der Waals surface area contributed by atoms with Crippen molar-refractivity contribution in [1.29, 1.82) is 0 Å². The normalized spacial score (nSPS) is 11.0. The van der Waals surface area contributed by atoms with E-state index in [9.17, 15) is 0 Å². The number of hydrogen-bond acceptors (Lipinski definition) is 2. The van der Waals surface area contributed by atoms with Crippen LogP contribution in [-0.4, -0.2) is 11.5 Å². The molecule has 3 heteroatoms. The Bertz CT molecular complexity index is 494. The maximum atomic E-state index is 4.39. The SMILES string of the molecule is CC(C)CNc1nccc2c(Br)cccc12. The first-order chi connectivity index (χ1) is 7.68. The molecule has 0 radical (unpaired) electrons. The summed E-state index contributed by atoms with van der Waals surface area (Å²) in [5.41, 5.74) is 0. The fraction of sp³-hybridized carbons (Fsp3) is 0.308. The Morgan fingerprint density at radius 1 is 1.25 bits per heavy atom. The van der Waals surface area contributed by atoms with Crippen molar-refractivity contribution < 1.29 is 0 Å². The van der Waals surface area contributed by atoms with E-state index in [1.807, 2.05) is 18.3 Å². The van der Waals surface area contributed by atoms with Gasteiger partial charge in [-0.25, -0.2) is 4.98 Å². The molecular formula is C13H15BrN2. The van der Waals surface area contributed by atoms with Gasteiger partial charge in [-0.1, -0.05) is 41.9 Å². The lowest BCUT2D eigenvalue weighted by Crippen LogP contribution is -2.09. The molecular weight excluding hydrogens is 264 g/mol. The number of anilines is 1. The largest absolute Gasteiger partial charge is 0.369 e. The van der Waals surface area contributed by atoms with Gasteiger partial charge in [0.1, 0.15) is 5.82 Å². The highest BCUT2D eigenvalue weighted by Gasteiger charge is 2.04. The number of rotatable bonds is 3. The van der Waals surface area contributed by atoms with Crippen molar-refractivity contribution in [1.82, 2.24) is 4.98 Å². The van der Waals surface area contributed by atoms with Crippen LogP contribution in [0.2, 0.25) is 0 Å². The van der Waals surface area contributed by atoms with E-state index in [2.05, 4.69) is 52.2 Å². The summed E-state index contributed by atoms with van der Waals surface area (Å²) in [6.45, 7) is 5.32. The molecule has 1 N–H and O–H groups in total. The van der Waals surface area contributed by atoms with Crippen LogP contribution in [0.25, 0.3) is 10.8 Å². The summed E-state index contributed by atoms with van der Waals surface area (Å²) in [5.74, 6) is 1.58. The Morgan fingerprint density at radius 3 is 2.81 bits per heavy atom. The highest BCUT2D eigenvalue weighted by atomic mass is 79.9. The highest BCUT2D eigenvalue weighted by molar-refractivity contribution is 9.10. The summed E-state index contributed by atoms with van der Waals surface area (Å²) < 4.78 is 1.11. The van der Waals surface area contributed by atoms with E-state index in [0.29, 0.717) is 5.92 Å². The Labute approximate surface area is 104 Å². The third-order valence-corrected chi connectivity index (χ3v) is 3.12. The Kier molecular flexibility index (Phi) is 3.44. The first-order valence-corrected chi connectivity index (χ1v) is 6.25. The van der Waals surface area contributed by atoms with Gasteiger partial charge in [0.2, 0.25) is 0 Å². The van der Waals surface area contributed by atoms with Crippen LogP contribution >= 0.6 is 15.9 Å². The Balaban J connectivity index is 2.42. The maximum absolute atomic E-state index is 4.39. The van der Waals surface area contributed by atoms with E-state index in [1.165, 1.54) is 5.39 Å². The van der Waals surface area contributed by atoms with Crippen LogP contribution in [0.3, 0.4) is 0 Å². The highest BCUT2D eigenvalue weighted by Crippen LogP contribution is 2.27. The van der Waals surface area contributed by atoms with Gasteiger partial charge in [-0.15, -0.1) is 0 Å². The van der Waals surface area contributed by atoms with Crippen LogP contribution in [-0.2, 0) is 0 Å². The van der Waals surface area contributed by atoms with Crippen molar-refractivity contribution >= 4 is 32.5 Å². The molecule has 2 rings (SSSR count). The molecule has 16 heavy (non-hydrogen) atoms. The van der Waals surface area contributed by atoms with E-state index in [0.717, 1.165) is 22.2 Å². The summed E-state index contributed by atoms with van der Waals surface area (Å²) in [6, 6.07) is 8.21. The van der Waals surface area contributed by atoms with Gasteiger partial charge in [0.05, 0.1) is 0 Å². The molecule has 2 aromatic rings. The maximum Gasteiger partial charge on any atom is 0.133 e. The first kappa shape index (κ1) is 11.4. The van der Waals surface area contributed by atoms with Gasteiger partial charge in [0.15, 0.2) is 0 Å². The van der Waals surface area contributed by atoms with Gasteiger partial charge in [-0.2, -0.15) is 0 Å². The molecule has 0 amide bonds. The van der Waals surface area contributed by atoms with E-state index >= 15 is 0 Å². The van der Waals surface area contributed by atoms with Gasteiger partial charge in [0.25, 0.3) is 0 Å². The van der Waals surface area contributed by atoms with E-state index < -0.39 is 0 Å². The van der Waals surface area contributed by atoms with Gasteiger partial charge < -0.3 is 5.32 Å². The number of nitrogens with one attached hydrogen (secondary N) is 1.